The highest BCUT2D eigenvalue weighted by Gasteiger charge is 2.54. The molecule has 3 heterocycles. The number of hydrogen-bond donors (Lipinski definition) is 0. The van der Waals surface area contributed by atoms with E-state index in [9.17, 15) is 9.59 Å². The fourth-order valence-corrected chi connectivity index (χ4v) is 5.19. The van der Waals surface area contributed by atoms with Gasteiger partial charge in [0.15, 0.2) is 11.5 Å². The zero-order chi connectivity index (χ0) is 17.1. The molecule has 6 nitrogen and oxygen atoms in total. The van der Waals surface area contributed by atoms with Crippen LogP contribution in [-0.4, -0.2) is 36.2 Å². The number of esters is 1. The van der Waals surface area contributed by atoms with Gasteiger partial charge in [-0.3, -0.25) is 9.59 Å². The Morgan fingerprint density at radius 3 is 2.88 bits per heavy atom. The van der Waals surface area contributed by atoms with Gasteiger partial charge in [0, 0.05) is 24.9 Å². The van der Waals surface area contributed by atoms with Crippen LogP contribution in [0.4, 0.5) is 0 Å². The minimum absolute atomic E-state index is 0.0116. The SMILES string of the molecule is CCOC(=O)C1CC[C@H]2CC(=O)N3Cc4cc5c(cc4[C@H]1[C@@H]23)OCO5. The van der Waals surface area contributed by atoms with Crippen LogP contribution in [0.5, 0.6) is 11.5 Å². The van der Waals surface area contributed by atoms with E-state index in [1.54, 1.807) is 0 Å². The summed E-state index contributed by atoms with van der Waals surface area (Å²) in [5.41, 5.74) is 2.19. The first-order chi connectivity index (χ1) is 12.2. The summed E-state index contributed by atoms with van der Waals surface area (Å²) in [4.78, 5) is 27.2. The van der Waals surface area contributed by atoms with Crippen molar-refractivity contribution in [1.29, 1.82) is 0 Å². The standard InChI is InChI=1S/C19H21NO5/c1-2-23-19(22)12-4-3-10-6-16(21)20-8-11-5-14-15(25-9-24-14)7-13(11)17(12)18(10)20/h5,7,10,12,17-18H,2-4,6,8-9H2,1H3/t10-,12?,17-,18+/m0/s1. The Morgan fingerprint density at radius 1 is 1.28 bits per heavy atom. The summed E-state index contributed by atoms with van der Waals surface area (Å²) in [6.07, 6.45) is 2.28. The van der Waals surface area contributed by atoms with Gasteiger partial charge in [-0.05, 0) is 48.9 Å². The molecule has 0 N–H and O–H groups in total. The highest BCUT2D eigenvalue weighted by molar-refractivity contribution is 5.82. The maximum Gasteiger partial charge on any atom is 0.309 e. The van der Waals surface area contributed by atoms with Crippen molar-refractivity contribution in [2.45, 2.75) is 44.7 Å². The number of carbonyl (C=O) groups is 2. The number of hydrogen-bond acceptors (Lipinski definition) is 5. The quantitative estimate of drug-likeness (QED) is 0.770. The first-order valence-corrected chi connectivity index (χ1v) is 9.06. The Morgan fingerprint density at radius 2 is 2.08 bits per heavy atom. The minimum Gasteiger partial charge on any atom is -0.466 e. The molecule has 1 amide bonds. The van der Waals surface area contributed by atoms with Gasteiger partial charge in [0.2, 0.25) is 12.7 Å². The third kappa shape index (κ3) is 2.09. The van der Waals surface area contributed by atoms with Gasteiger partial charge in [0.25, 0.3) is 0 Å². The average Bonchev–Trinajstić information content (AvgIpc) is 3.18. The molecule has 1 aliphatic carbocycles. The molecule has 0 aromatic heterocycles. The van der Waals surface area contributed by atoms with E-state index in [2.05, 4.69) is 0 Å². The summed E-state index contributed by atoms with van der Waals surface area (Å²) >= 11 is 0. The van der Waals surface area contributed by atoms with Crippen molar-refractivity contribution >= 4 is 11.9 Å². The van der Waals surface area contributed by atoms with Crippen LogP contribution >= 0.6 is 0 Å². The molecule has 132 valence electrons. The van der Waals surface area contributed by atoms with Crippen molar-refractivity contribution in [2.75, 3.05) is 13.4 Å². The van der Waals surface area contributed by atoms with E-state index >= 15 is 0 Å². The number of nitrogens with zero attached hydrogens (tertiary/aromatic N) is 1. The van der Waals surface area contributed by atoms with Crippen molar-refractivity contribution in [3.63, 3.8) is 0 Å². The van der Waals surface area contributed by atoms with E-state index in [1.165, 1.54) is 0 Å². The number of rotatable bonds is 2. The van der Waals surface area contributed by atoms with Gasteiger partial charge in [0.1, 0.15) is 0 Å². The molecule has 1 saturated carbocycles. The van der Waals surface area contributed by atoms with E-state index < -0.39 is 0 Å². The van der Waals surface area contributed by atoms with E-state index in [0.717, 1.165) is 35.5 Å². The number of benzene rings is 1. The first kappa shape index (κ1) is 15.0. The van der Waals surface area contributed by atoms with Gasteiger partial charge in [-0.1, -0.05) is 0 Å². The zero-order valence-corrected chi connectivity index (χ0v) is 14.2. The minimum atomic E-state index is -0.200. The molecule has 25 heavy (non-hydrogen) atoms. The molecule has 6 heteroatoms. The Labute approximate surface area is 146 Å². The molecule has 1 aromatic rings. The Bertz CT molecular complexity index is 760. The predicted molar refractivity (Wildman–Crippen MR) is 87.1 cm³/mol. The molecule has 2 fully saturated rings. The highest BCUT2D eigenvalue weighted by Crippen LogP contribution is 2.53. The number of ether oxygens (including phenoxy) is 3. The smallest absolute Gasteiger partial charge is 0.309 e. The lowest BCUT2D eigenvalue weighted by atomic mass is 9.65. The number of carbonyl (C=O) groups excluding carboxylic acids is 2. The molecule has 4 atom stereocenters. The molecule has 3 aliphatic heterocycles. The molecule has 0 spiro atoms. The van der Waals surface area contributed by atoms with Gasteiger partial charge in [-0.25, -0.2) is 0 Å². The second kappa shape index (κ2) is 5.38. The van der Waals surface area contributed by atoms with Gasteiger partial charge < -0.3 is 19.1 Å². The van der Waals surface area contributed by atoms with Gasteiger partial charge in [-0.2, -0.15) is 0 Å². The first-order valence-electron chi connectivity index (χ1n) is 9.06. The van der Waals surface area contributed by atoms with E-state index in [1.807, 2.05) is 24.0 Å². The molecule has 4 aliphatic rings. The Balaban J connectivity index is 1.63. The molecule has 5 rings (SSSR count). The monoisotopic (exact) mass is 343 g/mol. The average molecular weight is 343 g/mol. The lowest BCUT2D eigenvalue weighted by molar-refractivity contribution is -0.152. The van der Waals surface area contributed by atoms with Gasteiger partial charge in [0.05, 0.1) is 12.5 Å². The summed E-state index contributed by atoms with van der Waals surface area (Å²) in [6, 6.07) is 4.10. The van der Waals surface area contributed by atoms with Crippen molar-refractivity contribution in [1.82, 2.24) is 4.90 Å². The van der Waals surface area contributed by atoms with Crippen LogP contribution in [0.3, 0.4) is 0 Å². The van der Waals surface area contributed by atoms with Crippen LogP contribution in [-0.2, 0) is 20.9 Å². The second-order valence-corrected chi connectivity index (χ2v) is 7.34. The van der Waals surface area contributed by atoms with E-state index in [0.29, 0.717) is 25.5 Å². The van der Waals surface area contributed by atoms with E-state index in [-0.39, 0.29) is 36.5 Å². The van der Waals surface area contributed by atoms with Crippen molar-refractivity contribution < 1.29 is 23.8 Å². The maximum atomic E-state index is 12.6. The molecular weight excluding hydrogens is 322 g/mol. The summed E-state index contributed by atoms with van der Waals surface area (Å²) in [5.74, 6) is 1.65. The Hall–Kier alpha value is -2.24. The van der Waals surface area contributed by atoms with Crippen LogP contribution < -0.4 is 9.47 Å². The van der Waals surface area contributed by atoms with Gasteiger partial charge in [-0.15, -0.1) is 0 Å². The van der Waals surface area contributed by atoms with Crippen LogP contribution in [0, 0.1) is 11.8 Å². The summed E-state index contributed by atoms with van der Waals surface area (Å²) in [5, 5.41) is 0. The van der Waals surface area contributed by atoms with Crippen LogP contribution in [0.1, 0.15) is 43.2 Å². The Kier molecular flexibility index (Phi) is 3.24. The number of fused-ring (bicyclic) bond motifs is 3. The topological polar surface area (TPSA) is 65.1 Å². The maximum absolute atomic E-state index is 12.6. The largest absolute Gasteiger partial charge is 0.466 e. The van der Waals surface area contributed by atoms with Crippen LogP contribution in [0.25, 0.3) is 0 Å². The summed E-state index contributed by atoms with van der Waals surface area (Å²) in [7, 11) is 0. The van der Waals surface area contributed by atoms with E-state index in [4.69, 9.17) is 14.2 Å². The van der Waals surface area contributed by atoms with Crippen LogP contribution in [0.2, 0.25) is 0 Å². The van der Waals surface area contributed by atoms with Crippen LogP contribution in [0.15, 0.2) is 12.1 Å². The zero-order valence-electron chi connectivity index (χ0n) is 14.2. The normalized spacial score (nSPS) is 31.6. The fourth-order valence-electron chi connectivity index (χ4n) is 5.19. The molecule has 0 radical (unpaired) electrons. The summed E-state index contributed by atoms with van der Waals surface area (Å²) < 4.78 is 16.4. The van der Waals surface area contributed by atoms with Gasteiger partial charge >= 0.3 is 5.97 Å². The summed E-state index contributed by atoms with van der Waals surface area (Å²) in [6.45, 7) is 3.03. The lowest BCUT2D eigenvalue weighted by Crippen LogP contribution is -2.49. The van der Waals surface area contributed by atoms with Crippen molar-refractivity contribution in [2.24, 2.45) is 11.8 Å². The third-order valence-corrected chi connectivity index (χ3v) is 6.17. The fraction of sp³-hybridized carbons (Fsp3) is 0.579. The lowest BCUT2D eigenvalue weighted by Gasteiger charge is -2.46. The molecule has 1 saturated heterocycles. The third-order valence-electron chi connectivity index (χ3n) is 6.17. The number of amides is 1. The molecule has 1 aromatic carbocycles. The molecule has 1 unspecified atom stereocenters. The highest BCUT2D eigenvalue weighted by atomic mass is 16.7. The van der Waals surface area contributed by atoms with Crippen molar-refractivity contribution in [3.05, 3.63) is 23.3 Å². The van der Waals surface area contributed by atoms with Crippen molar-refractivity contribution in [3.8, 4) is 11.5 Å². The second-order valence-electron chi connectivity index (χ2n) is 7.34. The molecular formula is C19H21NO5. The predicted octanol–water partition coefficient (Wildman–Crippen LogP) is 2.20. The molecule has 0 bridgehead atoms.